The fraction of sp³-hybridized carbons (Fsp3) is 0.250. The summed E-state index contributed by atoms with van der Waals surface area (Å²) in [6, 6.07) is 7.68. The first-order valence-corrected chi connectivity index (χ1v) is 9.28. The molecule has 28 heavy (non-hydrogen) atoms. The fourth-order valence-electron chi connectivity index (χ4n) is 2.76. The highest BCUT2D eigenvalue weighted by atomic mass is 32.1. The van der Waals surface area contributed by atoms with Gasteiger partial charge in [-0.25, -0.2) is 0 Å². The van der Waals surface area contributed by atoms with Crippen LogP contribution in [0, 0.1) is 6.92 Å². The van der Waals surface area contributed by atoms with Crippen molar-refractivity contribution < 1.29 is 9.21 Å². The maximum Gasteiger partial charge on any atom is 0.243 e. The summed E-state index contributed by atoms with van der Waals surface area (Å²) < 4.78 is 5.55. The molecule has 0 fully saturated rings. The van der Waals surface area contributed by atoms with Gasteiger partial charge >= 0.3 is 0 Å². The van der Waals surface area contributed by atoms with Crippen LogP contribution in [0.1, 0.15) is 12.2 Å². The number of hydrogen-bond donors (Lipinski definition) is 3. The number of furan rings is 1. The molecule has 146 valence electrons. The van der Waals surface area contributed by atoms with E-state index in [-0.39, 0.29) is 12.5 Å². The second-order valence-corrected chi connectivity index (χ2v) is 7.01. The van der Waals surface area contributed by atoms with Gasteiger partial charge in [-0.15, -0.1) is 0 Å². The average molecular weight is 398 g/mol. The molecule has 2 aromatic rings. The van der Waals surface area contributed by atoms with Crippen molar-refractivity contribution >= 4 is 45.6 Å². The number of rotatable bonds is 5. The molecule has 0 bridgehead atoms. The number of nitrogens with zero attached hydrogens (tertiary/aromatic N) is 2. The normalized spacial score (nSPS) is 14.7. The number of hydrazone groups is 1. The van der Waals surface area contributed by atoms with E-state index in [2.05, 4.69) is 21.1 Å². The number of fused-ring (bicyclic) bond motifs is 1. The van der Waals surface area contributed by atoms with Crippen LogP contribution in [-0.4, -0.2) is 42.4 Å². The van der Waals surface area contributed by atoms with Crippen molar-refractivity contribution in [3.63, 3.8) is 0 Å². The van der Waals surface area contributed by atoms with Crippen molar-refractivity contribution in [1.82, 2.24) is 15.6 Å². The largest absolute Gasteiger partial charge is 0.461 e. The Balaban J connectivity index is 1.46. The van der Waals surface area contributed by atoms with Gasteiger partial charge in [0.1, 0.15) is 11.3 Å². The second kappa shape index (κ2) is 8.71. The van der Waals surface area contributed by atoms with Crippen LogP contribution in [0.25, 0.3) is 11.0 Å². The minimum atomic E-state index is -0.172. The molecule has 1 amide bonds. The number of anilines is 1. The van der Waals surface area contributed by atoms with Crippen molar-refractivity contribution in [3.05, 3.63) is 54.0 Å². The molecule has 0 aliphatic heterocycles. The Morgan fingerprint density at radius 3 is 2.79 bits per heavy atom. The van der Waals surface area contributed by atoms with Gasteiger partial charge in [0.2, 0.25) is 5.91 Å². The topological polar surface area (TPSA) is 81.9 Å². The number of amides is 1. The predicted molar refractivity (Wildman–Crippen MR) is 116 cm³/mol. The summed E-state index contributed by atoms with van der Waals surface area (Å²) >= 11 is 5.27. The first kappa shape index (κ1) is 19.6. The van der Waals surface area contributed by atoms with E-state index in [1.165, 1.54) is 0 Å². The van der Waals surface area contributed by atoms with Gasteiger partial charge in [0.25, 0.3) is 0 Å². The van der Waals surface area contributed by atoms with Crippen LogP contribution in [0.5, 0.6) is 0 Å². The number of aryl methyl sites for hydroxylation is 1. The summed E-state index contributed by atoms with van der Waals surface area (Å²) in [6.45, 7) is 1.98. The lowest BCUT2D eigenvalue weighted by Gasteiger charge is -2.14. The Hall–Kier alpha value is -3.13. The van der Waals surface area contributed by atoms with E-state index >= 15 is 0 Å². The molecular formula is C20H23N5O2S. The van der Waals surface area contributed by atoms with Gasteiger partial charge in [0.15, 0.2) is 5.11 Å². The summed E-state index contributed by atoms with van der Waals surface area (Å²) in [5.41, 5.74) is 3.35. The molecule has 7 nitrogen and oxygen atoms in total. The van der Waals surface area contributed by atoms with Crippen molar-refractivity contribution in [3.8, 4) is 0 Å². The quantitative estimate of drug-likeness (QED) is 0.532. The number of nitrogens with one attached hydrogen (secondary N) is 3. The number of allylic oxidation sites excluding steroid dienone is 3. The van der Waals surface area contributed by atoms with E-state index in [9.17, 15) is 4.79 Å². The number of hydrogen-bond acceptors (Lipinski definition) is 5. The van der Waals surface area contributed by atoms with E-state index in [1.54, 1.807) is 5.01 Å². The Kier molecular flexibility index (Phi) is 6.10. The third kappa shape index (κ3) is 5.43. The Bertz CT molecular complexity index is 988. The van der Waals surface area contributed by atoms with Gasteiger partial charge in [-0.3, -0.25) is 4.79 Å². The number of thiocarbonyl (C=S) groups is 1. The molecule has 3 rings (SSSR count). The highest BCUT2D eigenvalue weighted by Crippen LogP contribution is 2.22. The molecule has 0 saturated heterocycles. The molecule has 0 atom stereocenters. The zero-order valence-electron chi connectivity index (χ0n) is 16.1. The monoisotopic (exact) mass is 397 g/mol. The number of carbonyl (C=O) groups is 1. The van der Waals surface area contributed by atoms with Gasteiger partial charge in [-0.05, 0) is 55.6 Å². The summed E-state index contributed by atoms with van der Waals surface area (Å²) in [7, 11) is 3.75. The highest BCUT2D eigenvalue weighted by Gasteiger charge is 2.08. The summed E-state index contributed by atoms with van der Waals surface area (Å²) in [5.74, 6) is 0.685. The molecule has 1 heterocycles. The average Bonchev–Trinajstić information content (AvgIpc) is 3.00. The summed E-state index contributed by atoms with van der Waals surface area (Å²) in [4.78, 5) is 12.1. The van der Waals surface area contributed by atoms with Gasteiger partial charge in [-0.2, -0.15) is 5.10 Å². The molecule has 1 aromatic heterocycles. The van der Waals surface area contributed by atoms with E-state index < -0.39 is 0 Å². The standard InChI is InChI=1S/C20H23N5O2S/c1-13-10-14-11-17(8-9-18(14)27-13)23-20(28)21-12-19(26)22-15-4-6-16(7-5-15)24-25(2)3/h4-6,8-11H,7,12H2,1-3H3,(H,22,26)(H2,21,23,28). The fourth-order valence-corrected chi connectivity index (χ4v) is 2.95. The molecular weight excluding hydrogens is 374 g/mol. The Morgan fingerprint density at radius 1 is 1.25 bits per heavy atom. The van der Waals surface area contributed by atoms with E-state index in [0.29, 0.717) is 11.5 Å². The predicted octanol–water partition coefficient (Wildman–Crippen LogP) is 2.91. The number of benzene rings is 1. The zero-order chi connectivity index (χ0) is 20.1. The van der Waals surface area contributed by atoms with Crippen LogP contribution < -0.4 is 16.0 Å². The molecule has 0 saturated carbocycles. The third-order valence-corrected chi connectivity index (χ3v) is 4.15. The lowest BCUT2D eigenvalue weighted by molar-refractivity contribution is -0.119. The second-order valence-electron chi connectivity index (χ2n) is 6.60. The van der Waals surface area contributed by atoms with Crippen molar-refractivity contribution in [2.75, 3.05) is 26.0 Å². The minimum Gasteiger partial charge on any atom is -0.461 e. The molecule has 3 N–H and O–H groups in total. The first-order chi connectivity index (χ1) is 13.4. The third-order valence-electron chi connectivity index (χ3n) is 3.91. The Morgan fingerprint density at radius 2 is 2.07 bits per heavy atom. The van der Waals surface area contributed by atoms with Crippen molar-refractivity contribution in [2.45, 2.75) is 13.3 Å². The molecule has 1 aliphatic carbocycles. The maximum absolute atomic E-state index is 12.1. The van der Waals surface area contributed by atoms with Crippen LogP contribution in [0.15, 0.2) is 57.7 Å². The van der Waals surface area contributed by atoms with Crippen LogP contribution in [0.3, 0.4) is 0 Å². The van der Waals surface area contributed by atoms with Gasteiger partial charge in [0, 0.05) is 37.3 Å². The Labute approximate surface area is 169 Å². The van der Waals surface area contributed by atoms with Crippen LogP contribution in [0.4, 0.5) is 5.69 Å². The van der Waals surface area contributed by atoms with Gasteiger partial charge in [0.05, 0.1) is 12.3 Å². The number of carbonyl (C=O) groups excluding carboxylic acids is 1. The molecule has 8 heteroatoms. The maximum atomic E-state index is 12.1. The summed E-state index contributed by atoms with van der Waals surface area (Å²) in [6.07, 6.45) is 6.33. The zero-order valence-corrected chi connectivity index (χ0v) is 16.9. The van der Waals surface area contributed by atoms with E-state index in [4.69, 9.17) is 16.6 Å². The van der Waals surface area contributed by atoms with Crippen molar-refractivity contribution in [2.24, 2.45) is 5.10 Å². The van der Waals surface area contributed by atoms with Crippen LogP contribution in [-0.2, 0) is 4.79 Å². The molecule has 1 aliphatic rings. The molecule has 0 radical (unpaired) electrons. The molecule has 1 aromatic carbocycles. The smallest absolute Gasteiger partial charge is 0.243 e. The minimum absolute atomic E-state index is 0.0721. The van der Waals surface area contributed by atoms with Crippen molar-refractivity contribution in [1.29, 1.82) is 0 Å². The van der Waals surface area contributed by atoms with Crippen LogP contribution in [0.2, 0.25) is 0 Å². The summed E-state index contributed by atoms with van der Waals surface area (Å²) in [5, 5.41) is 16.3. The van der Waals surface area contributed by atoms with Gasteiger partial charge in [-0.1, -0.05) is 6.08 Å². The first-order valence-electron chi connectivity index (χ1n) is 8.87. The lowest BCUT2D eigenvalue weighted by atomic mass is 10.1. The van der Waals surface area contributed by atoms with Crippen LogP contribution >= 0.6 is 12.2 Å². The molecule has 0 unspecified atom stereocenters. The SMILES string of the molecule is Cc1cc2cc(NC(=S)NCC(=O)NC3=CCC(=NN(C)C)C=C3)ccc2o1. The van der Waals surface area contributed by atoms with Gasteiger partial charge < -0.3 is 25.4 Å². The highest BCUT2D eigenvalue weighted by molar-refractivity contribution is 7.80. The molecule has 0 spiro atoms. The lowest BCUT2D eigenvalue weighted by Crippen LogP contribution is -2.38. The van der Waals surface area contributed by atoms with E-state index in [0.717, 1.165) is 33.8 Å². The van der Waals surface area contributed by atoms with E-state index in [1.807, 2.05) is 63.5 Å².